The van der Waals surface area contributed by atoms with Gasteiger partial charge >= 0.3 is 15.6 Å². The zero-order valence-electron chi connectivity index (χ0n) is 18.2. The molecule has 10 nitrogen and oxygen atoms in total. The van der Waals surface area contributed by atoms with E-state index in [0.717, 1.165) is 12.4 Å². The molecule has 3 aromatic heterocycles. The summed E-state index contributed by atoms with van der Waals surface area (Å²) in [5, 5.41) is 8.55. The van der Waals surface area contributed by atoms with Crippen LogP contribution in [-0.4, -0.2) is 43.5 Å². The van der Waals surface area contributed by atoms with Crippen molar-refractivity contribution in [2.75, 3.05) is 0 Å². The van der Waals surface area contributed by atoms with Gasteiger partial charge in [-0.1, -0.05) is 25.1 Å². The molecule has 0 radical (unpaired) electrons. The molecule has 0 bridgehead atoms. The van der Waals surface area contributed by atoms with Crippen molar-refractivity contribution in [3.8, 4) is 22.8 Å². The second-order valence-corrected chi connectivity index (χ2v) is 8.99. The van der Waals surface area contributed by atoms with Crippen LogP contribution in [0.2, 0.25) is 0 Å². The third-order valence-corrected chi connectivity index (χ3v) is 5.94. The largest absolute Gasteiger partial charge is 0.534 e. The highest BCUT2D eigenvalue weighted by Gasteiger charge is 2.48. The summed E-state index contributed by atoms with van der Waals surface area (Å²) in [5.41, 5.74) is -3.67. The summed E-state index contributed by atoms with van der Waals surface area (Å²) < 4.78 is 66.9. The summed E-state index contributed by atoms with van der Waals surface area (Å²) in [5.74, 6) is -0.990. The molecule has 0 aliphatic carbocycles. The molecule has 1 unspecified atom stereocenters. The Morgan fingerprint density at radius 2 is 1.80 bits per heavy atom. The van der Waals surface area contributed by atoms with Crippen LogP contribution in [0.1, 0.15) is 24.1 Å². The fraction of sp³-hybridized carbons (Fsp3) is 0.190. The van der Waals surface area contributed by atoms with E-state index < -0.39 is 27.3 Å². The first-order valence-electron chi connectivity index (χ1n) is 9.96. The SMILES string of the molecule is CC(c1cccc(-c2ncc(OS(=O)(=O)C(F)(F)F)cn2)c1)c1nn(-c2cnn(C)c2)ccc1=O. The number of aromatic nitrogens is 6. The van der Waals surface area contributed by atoms with Crippen LogP contribution in [0.3, 0.4) is 0 Å². The van der Waals surface area contributed by atoms with Crippen molar-refractivity contribution in [2.24, 2.45) is 7.05 Å². The summed E-state index contributed by atoms with van der Waals surface area (Å²) in [6, 6.07) is 8.25. The molecule has 0 aliphatic heterocycles. The van der Waals surface area contributed by atoms with Crippen molar-refractivity contribution in [2.45, 2.75) is 18.3 Å². The van der Waals surface area contributed by atoms with E-state index >= 15 is 0 Å². The lowest BCUT2D eigenvalue weighted by atomic mass is 9.95. The van der Waals surface area contributed by atoms with Gasteiger partial charge in [0.2, 0.25) is 5.43 Å². The molecular weight excluding hydrogens is 489 g/mol. The van der Waals surface area contributed by atoms with Crippen LogP contribution < -0.4 is 9.61 Å². The number of benzene rings is 1. The Labute approximate surface area is 196 Å². The molecule has 1 aromatic carbocycles. The fourth-order valence-electron chi connectivity index (χ4n) is 3.18. The predicted molar refractivity (Wildman–Crippen MR) is 117 cm³/mol. The minimum Gasteiger partial charge on any atom is -0.373 e. The van der Waals surface area contributed by atoms with Gasteiger partial charge in [0.15, 0.2) is 11.6 Å². The average molecular weight is 506 g/mol. The highest BCUT2D eigenvalue weighted by atomic mass is 32.2. The maximum atomic E-state index is 12.5. The first-order valence-corrected chi connectivity index (χ1v) is 11.4. The Bertz CT molecular complexity index is 1530. The second kappa shape index (κ2) is 8.94. The van der Waals surface area contributed by atoms with Gasteiger partial charge in [0.1, 0.15) is 11.4 Å². The van der Waals surface area contributed by atoms with Gasteiger partial charge in [0.05, 0.1) is 24.8 Å². The van der Waals surface area contributed by atoms with Crippen LogP contribution in [0.15, 0.2) is 66.1 Å². The first-order chi connectivity index (χ1) is 16.4. The minimum atomic E-state index is -5.83. The van der Waals surface area contributed by atoms with E-state index in [9.17, 15) is 26.4 Å². The Morgan fingerprint density at radius 1 is 1.09 bits per heavy atom. The van der Waals surface area contributed by atoms with Gasteiger partial charge in [0, 0.05) is 30.8 Å². The molecule has 0 fully saturated rings. The molecule has 1 atom stereocenters. The molecule has 182 valence electrons. The quantitative estimate of drug-likeness (QED) is 0.289. The number of nitrogens with zero attached hydrogens (tertiary/aromatic N) is 6. The van der Waals surface area contributed by atoms with Crippen LogP contribution in [0, 0.1) is 0 Å². The third-order valence-electron chi connectivity index (χ3n) is 4.96. The van der Waals surface area contributed by atoms with Gasteiger partial charge < -0.3 is 4.18 Å². The second-order valence-electron chi connectivity index (χ2n) is 7.45. The molecule has 0 saturated heterocycles. The van der Waals surface area contributed by atoms with E-state index in [1.165, 1.54) is 6.07 Å². The van der Waals surface area contributed by atoms with E-state index in [1.807, 2.05) is 0 Å². The number of aryl methyl sites for hydroxylation is 1. The van der Waals surface area contributed by atoms with Crippen molar-refractivity contribution in [1.29, 1.82) is 0 Å². The Kier molecular flexibility index (Phi) is 6.15. The van der Waals surface area contributed by atoms with Gasteiger partial charge in [-0.2, -0.15) is 31.8 Å². The normalized spacial score (nSPS) is 12.9. The maximum Gasteiger partial charge on any atom is 0.534 e. The molecular formula is C21H17F3N6O4S. The Hall–Kier alpha value is -4.07. The van der Waals surface area contributed by atoms with Gasteiger partial charge in [0.25, 0.3) is 0 Å². The summed E-state index contributed by atoms with van der Waals surface area (Å²) in [6.45, 7) is 1.80. The highest BCUT2D eigenvalue weighted by Crippen LogP contribution is 2.28. The van der Waals surface area contributed by atoms with E-state index in [1.54, 1.807) is 66.2 Å². The predicted octanol–water partition coefficient (Wildman–Crippen LogP) is 2.80. The number of hydrogen-bond donors (Lipinski definition) is 0. The molecule has 3 heterocycles. The summed E-state index contributed by atoms with van der Waals surface area (Å²) in [6.07, 6.45) is 6.55. The van der Waals surface area contributed by atoms with Crippen molar-refractivity contribution in [1.82, 2.24) is 29.5 Å². The monoisotopic (exact) mass is 506 g/mol. The molecule has 0 aliphatic rings. The zero-order valence-corrected chi connectivity index (χ0v) is 19.0. The van der Waals surface area contributed by atoms with Gasteiger partial charge in [-0.05, 0) is 11.6 Å². The first kappa shape index (κ1) is 24.1. The molecule has 14 heteroatoms. The van der Waals surface area contributed by atoms with E-state index in [4.69, 9.17) is 0 Å². The summed E-state index contributed by atoms with van der Waals surface area (Å²) >= 11 is 0. The third kappa shape index (κ3) is 5.06. The van der Waals surface area contributed by atoms with Crippen LogP contribution in [-0.2, 0) is 17.2 Å². The fourth-order valence-corrected chi connectivity index (χ4v) is 3.61. The molecule has 0 N–H and O–H groups in total. The average Bonchev–Trinajstić information content (AvgIpc) is 3.25. The standard InChI is InChI=1S/C21H17F3N6O4S/c1-13(19-18(31)6-7-30(28-19)16-9-27-29(2)12-16)14-4-3-5-15(8-14)20-25-10-17(11-26-20)34-35(32,33)21(22,23)24/h3-13H,1-2H3. The number of alkyl halides is 3. The Morgan fingerprint density at radius 3 is 2.43 bits per heavy atom. The highest BCUT2D eigenvalue weighted by molar-refractivity contribution is 7.88. The molecule has 4 rings (SSSR count). The Balaban J connectivity index is 1.61. The van der Waals surface area contributed by atoms with Crippen molar-refractivity contribution < 1.29 is 25.8 Å². The molecule has 0 saturated carbocycles. The van der Waals surface area contributed by atoms with Crippen molar-refractivity contribution in [3.05, 3.63) is 82.8 Å². The zero-order chi connectivity index (χ0) is 25.4. The van der Waals surface area contributed by atoms with Crippen LogP contribution in [0.4, 0.5) is 13.2 Å². The number of halogens is 3. The number of hydrogen-bond acceptors (Lipinski definition) is 8. The number of rotatable bonds is 6. The summed E-state index contributed by atoms with van der Waals surface area (Å²) in [4.78, 5) is 20.3. The maximum absolute atomic E-state index is 12.5. The smallest absolute Gasteiger partial charge is 0.373 e. The van der Waals surface area contributed by atoms with Gasteiger partial charge in [-0.15, -0.1) is 0 Å². The molecule has 35 heavy (non-hydrogen) atoms. The minimum absolute atomic E-state index is 0.115. The van der Waals surface area contributed by atoms with E-state index in [0.29, 0.717) is 16.8 Å². The van der Waals surface area contributed by atoms with E-state index in [2.05, 4.69) is 24.3 Å². The van der Waals surface area contributed by atoms with Crippen molar-refractivity contribution >= 4 is 10.1 Å². The van der Waals surface area contributed by atoms with Crippen LogP contribution in [0.5, 0.6) is 5.75 Å². The van der Waals surface area contributed by atoms with Crippen LogP contribution in [0.25, 0.3) is 17.1 Å². The van der Waals surface area contributed by atoms with Gasteiger partial charge in [-0.3, -0.25) is 9.48 Å². The lowest BCUT2D eigenvalue weighted by Gasteiger charge is -2.13. The molecule has 0 spiro atoms. The van der Waals surface area contributed by atoms with E-state index in [-0.39, 0.29) is 16.9 Å². The topological polar surface area (TPSA) is 122 Å². The summed E-state index contributed by atoms with van der Waals surface area (Å²) in [7, 11) is -4.07. The van der Waals surface area contributed by atoms with Crippen LogP contribution >= 0.6 is 0 Å². The lowest BCUT2D eigenvalue weighted by molar-refractivity contribution is -0.0500. The van der Waals surface area contributed by atoms with Gasteiger partial charge in [-0.25, -0.2) is 14.6 Å². The van der Waals surface area contributed by atoms with Crippen molar-refractivity contribution in [3.63, 3.8) is 0 Å². The molecule has 4 aromatic rings. The lowest BCUT2D eigenvalue weighted by Crippen LogP contribution is -2.28. The molecule has 0 amide bonds.